The Bertz CT molecular complexity index is 671. The van der Waals surface area contributed by atoms with Gasteiger partial charge < -0.3 is 10.2 Å². The summed E-state index contributed by atoms with van der Waals surface area (Å²) in [5, 5.41) is 22.2. The molecule has 3 N–H and O–H groups in total. The van der Waals surface area contributed by atoms with Gasteiger partial charge in [-0.3, -0.25) is 5.43 Å². The molecule has 0 radical (unpaired) electrons. The number of nitrogens with one attached hydrogen (secondary N) is 1. The van der Waals surface area contributed by atoms with E-state index in [9.17, 15) is 14.3 Å². The molecule has 0 aromatic heterocycles. The van der Waals surface area contributed by atoms with Crippen molar-refractivity contribution >= 4 is 17.9 Å². The lowest BCUT2D eigenvalue weighted by atomic mass is 10.1. The summed E-state index contributed by atoms with van der Waals surface area (Å²) in [4.78, 5) is 10.8. The summed E-state index contributed by atoms with van der Waals surface area (Å²) in [6, 6.07) is 9.77. The molecule has 0 spiro atoms. The van der Waals surface area contributed by atoms with Crippen LogP contribution >= 0.6 is 0 Å². The van der Waals surface area contributed by atoms with Crippen LogP contribution in [-0.4, -0.2) is 22.4 Å². The van der Waals surface area contributed by atoms with Gasteiger partial charge in [0.05, 0.1) is 17.5 Å². The van der Waals surface area contributed by atoms with Crippen molar-refractivity contribution in [3.63, 3.8) is 0 Å². The van der Waals surface area contributed by atoms with Crippen molar-refractivity contribution in [3.05, 3.63) is 59.4 Å². The number of aromatic carboxylic acids is 1. The number of aromatic hydroxyl groups is 1. The highest BCUT2D eigenvalue weighted by Crippen LogP contribution is 2.17. The highest BCUT2D eigenvalue weighted by Gasteiger charge is 2.06. The molecule has 0 atom stereocenters. The quantitative estimate of drug-likeness (QED) is 0.591. The van der Waals surface area contributed by atoms with E-state index in [2.05, 4.69) is 10.5 Å². The Balaban J connectivity index is 2.17. The van der Waals surface area contributed by atoms with Crippen LogP contribution in [0.5, 0.6) is 5.75 Å². The van der Waals surface area contributed by atoms with Crippen LogP contribution in [0, 0.1) is 5.82 Å². The van der Waals surface area contributed by atoms with E-state index in [1.54, 1.807) is 12.1 Å². The Morgan fingerprint density at radius 1 is 1.25 bits per heavy atom. The molecule has 6 heteroatoms. The fourth-order valence-corrected chi connectivity index (χ4v) is 1.51. The van der Waals surface area contributed by atoms with Crippen LogP contribution in [0.15, 0.2) is 47.6 Å². The number of hydrazone groups is 1. The van der Waals surface area contributed by atoms with Gasteiger partial charge in [-0.05, 0) is 30.3 Å². The lowest BCUT2D eigenvalue weighted by Crippen LogP contribution is -1.98. The fraction of sp³-hybridized carbons (Fsp3) is 0. The molecule has 102 valence electrons. The zero-order valence-corrected chi connectivity index (χ0v) is 10.2. The van der Waals surface area contributed by atoms with Gasteiger partial charge in [-0.2, -0.15) is 5.10 Å². The maximum absolute atomic E-state index is 13.3. The minimum Gasteiger partial charge on any atom is -0.507 e. The highest BCUT2D eigenvalue weighted by atomic mass is 19.1. The van der Waals surface area contributed by atoms with Crippen LogP contribution in [0.4, 0.5) is 10.1 Å². The summed E-state index contributed by atoms with van der Waals surface area (Å²) in [7, 11) is 0. The number of hydrogen-bond donors (Lipinski definition) is 3. The third-order valence-corrected chi connectivity index (χ3v) is 2.54. The summed E-state index contributed by atoms with van der Waals surface area (Å²) in [6.45, 7) is 0. The topological polar surface area (TPSA) is 81.9 Å². The maximum Gasteiger partial charge on any atom is 0.335 e. The Kier molecular flexibility index (Phi) is 3.95. The summed E-state index contributed by atoms with van der Waals surface area (Å²) >= 11 is 0. The molecular weight excluding hydrogens is 263 g/mol. The van der Waals surface area contributed by atoms with E-state index >= 15 is 0 Å². The molecule has 0 amide bonds. The van der Waals surface area contributed by atoms with E-state index in [1.165, 1.54) is 36.5 Å². The van der Waals surface area contributed by atoms with Crippen molar-refractivity contribution in [1.29, 1.82) is 0 Å². The monoisotopic (exact) mass is 274 g/mol. The number of para-hydroxylation sites is 1. The van der Waals surface area contributed by atoms with Crippen LogP contribution in [0.2, 0.25) is 0 Å². The van der Waals surface area contributed by atoms with E-state index in [4.69, 9.17) is 5.11 Å². The van der Waals surface area contributed by atoms with Crippen molar-refractivity contribution in [1.82, 2.24) is 0 Å². The van der Waals surface area contributed by atoms with Gasteiger partial charge in [-0.15, -0.1) is 0 Å². The second-order valence-corrected chi connectivity index (χ2v) is 3.93. The van der Waals surface area contributed by atoms with E-state index in [0.29, 0.717) is 0 Å². The highest BCUT2D eigenvalue weighted by molar-refractivity contribution is 5.92. The molecular formula is C14H11FN2O3. The molecule has 2 rings (SSSR count). The Labute approximate surface area is 114 Å². The van der Waals surface area contributed by atoms with Crippen LogP contribution in [0.3, 0.4) is 0 Å². The number of anilines is 1. The van der Waals surface area contributed by atoms with Gasteiger partial charge in [0.25, 0.3) is 0 Å². The van der Waals surface area contributed by atoms with Gasteiger partial charge in [-0.1, -0.05) is 12.1 Å². The fourth-order valence-electron chi connectivity index (χ4n) is 1.51. The largest absolute Gasteiger partial charge is 0.507 e. The SMILES string of the molecule is O=C(O)c1ccc(O)c(C=NNc2ccccc2F)c1. The first-order chi connectivity index (χ1) is 9.58. The first-order valence-corrected chi connectivity index (χ1v) is 5.68. The van der Waals surface area contributed by atoms with E-state index < -0.39 is 11.8 Å². The van der Waals surface area contributed by atoms with E-state index in [0.717, 1.165) is 0 Å². The zero-order valence-electron chi connectivity index (χ0n) is 10.2. The number of phenolic OH excluding ortho intramolecular Hbond substituents is 1. The lowest BCUT2D eigenvalue weighted by Gasteiger charge is -2.02. The Hall–Kier alpha value is -2.89. The van der Waals surface area contributed by atoms with Gasteiger partial charge in [0.15, 0.2) is 0 Å². The van der Waals surface area contributed by atoms with E-state index in [1.807, 2.05) is 0 Å². The number of hydrogen-bond acceptors (Lipinski definition) is 4. The second-order valence-electron chi connectivity index (χ2n) is 3.93. The molecule has 0 bridgehead atoms. The lowest BCUT2D eigenvalue weighted by molar-refractivity contribution is 0.0697. The van der Waals surface area contributed by atoms with Crippen molar-refractivity contribution < 1.29 is 19.4 Å². The number of nitrogens with zero attached hydrogens (tertiary/aromatic N) is 1. The number of carboxylic acids is 1. The maximum atomic E-state index is 13.3. The molecule has 0 saturated heterocycles. The summed E-state index contributed by atoms with van der Waals surface area (Å²) < 4.78 is 13.3. The first kappa shape index (κ1) is 13.5. The predicted octanol–water partition coefficient (Wildman–Crippen LogP) is 2.68. The molecule has 0 aliphatic carbocycles. The average molecular weight is 274 g/mol. The molecule has 0 unspecified atom stereocenters. The number of carbonyl (C=O) groups is 1. The standard InChI is InChI=1S/C14H11FN2O3/c15-11-3-1-2-4-12(11)17-16-8-10-7-9(14(19)20)5-6-13(10)18/h1-8,17-18H,(H,19,20). The zero-order chi connectivity index (χ0) is 14.5. The van der Waals surface area contributed by atoms with Crippen molar-refractivity contribution in [2.45, 2.75) is 0 Å². The Morgan fingerprint density at radius 2 is 2.00 bits per heavy atom. The minimum atomic E-state index is -1.11. The number of benzene rings is 2. The van der Waals surface area contributed by atoms with Gasteiger partial charge >= 0.3 is 5.97 Å². The number of halogens is 1. The molecule has 2 aromatic rings. The Morgan fingerprint density at radius 3 is 2.70 bits per heavy atom. The van der Waals surface area contributed by atoms with Crippen LogP contribution in [0.25, 0.3) is 0 Å². The number of carboxylic acid groups (broad SMARTS) is 1. The number of rotatable bonds is 4. The molecule has 20 heavy (non-hydrogen) atoms. The second kappa shape index (κ2) is 5.83. The summed E-state index contributed by atoms with van der Waals surface area (Å²) in [6.07, 6.45) is 1.22. The van der Waals surface area contributed by atoms with Gasteiger partial charge in [0.1, 0.15) is 11.6 Å². The van der Waals surface area contributed by atoms with Crippen molar-refractivity contribution in [2.24, 2.45) is 5.10 Å². The predicted molar refractivity (Wildman–Crippen MR) is 72.7 cm³/mol. The van der Waals surface area contributed by atoms with Crippen LogP contribution in [0.1, 0.15) is 15.9 Å². The van der Waals surface area contributed by atoms with Crippen LogP contribution in [-0.2, 0) is 0 Å². The molecule has 0 fully saturated rings. The van der Waals surface area contributed by atoms with Gasteiger partial charge in [-0.25, -0.2) is 9.18 Å². The average Bonchev–Trinajstić information content (AvgIpc) is 2.42. The molecule has 0 aliphatic rings. The molecule has 2 aromatic carbocycles. The van der Waals surface area contributed by atoms with Crippen LogP contribution < -0.4 is 5.43 Å². The van der Waals surface area contributed by atoms with Crippen molar-refractivity contribution in [2.75, 3.05) is 5.43 Å². The molecule has 0 heterocycles. The van der Waals surface area contributed by atoms with E-state index in [-0.39, 0.29) is 22.6 Å². The smallest absolute Gasteiger partial charge is 0.335 e. The van der Waals surface area contributed by atoms with Crippen molar-refractivity contribution in [3.8, 4) is 5.75 Å². The molecule has 5 nitrogen and oxygen atoms in total. The molecule has 0 aliphatic heterocycles. The molecule has 0 saturated carbocycles. The minimum absolute atomic E-state index is 0.0233. The third-order valence-electron chi connectivity index (χ3n) is 2.54. The summed E-state index contributed by atoms with van der Waals surface area (Å²) in [5.41, 5.74) is 2.89. The first-order valence-electron chi connectivity index (χ1n) is 5.68. The normalized spacial score (nSPS) is 10.7. The summed E-state index contributed by atoms with van der Waals surface area (Å²) in [5.74, 6) is -1.69. The third kappa shape index (κ3) is 3.11. The van der Waals surface area contributed by atoms with Gasteiger partial charge in [0, 0.05) is 5.56 Å². The van der Waals surface area contributed by atoms with Gasteiger partial charge in [0.2, 0.25) is 0 Å². The number of phenols is 1.